The predicted molar refractivity (Wildman–Crippen MR) is 133 cm³/mol. The number of rotatable bonds is 10. The molecule has 0 aliphatic heterocycles. The zero-order valence-corrected chi connectivity index (χ0v) is 20.6. The van der Waals surface area contributed by atoms with Gasteiger partial charge in [0.05, 0.1) is 11.4 Å². The molecule has 34 heavy (non-hydrogen) atoms. The lowest BCUT2D eigenvalue weighted by molar-refractivity contribution is -0.134. The second kappa shape index (κ2) is 11.9. The van der Waals surface area contributed by atoms with Crippen molar-refractivity contribution in [2.45, 2.75) is 38.5 Å². The molecule has 7 heteroatoms. The van der Waals surface area contributed by atoms with Crippen molar-refractivity contribution in [1.82, 2.24) is 4.98 Å². The third-order valence-electron chi connectivity index (χ3n) is 5.58. The van der Waals surface area contributed by atoms with Crippen LogP contribution in [0.4, 0.5) is 4.39 Å². The fourth-order valence-corrected chi connectivity index (χ4v) is 4.24. The number of allylic oxidation sites excluding steroid dienone is 1. The smallest absolute Gasteiger partial charge is 0.369 e. The second-order valence-electron chi connectivity index (χ2n) is 8.20. The van der Waals surface area contributed by atoms with Crippen molar-refractivity contribution in [2.75, 3.05) is 7.11 Å². The van der Waals surface area contributed by atoms with Crippen molar-refractivity contribution in [1.29, 1.82) is 0 Å². The summed E-state index contributed by atoms with van der Waals surface area (Å²) in [4.78, 5) is 17.1. The summed E-state index contributed by atoms with van der Waals surface area (Å²) in [7, 11) is -1.60. The molecule has 0 saturated heterocycles. The minimum absolute atomic E-state index is 0.0390. The van der Waals surface area contributed by atoms with E-state index < -0.39 is 14.2 Å². The van der Waals surface area contributed by atoms with Gasteiger partial charge in [-0.3, -0.25) is 4.79 Å². The maximum atomic E-state index is 13.7. The van der Waals surface area contributed by atoms with E-state index in [4.69, 9.17) is 9.51 Å². The molecule has 1 aromatic heterocycles. The first-order valence-electron chi connectivity index (χ1n) is 11.1. The minimum atomic E-state index is -2.83. The van der Waals surface area contributed by atoms with E-state index in [1.165, 1.54) is 19.2 Å². The first-order valence-corrected chi connectivity index (χ1v) is 12.3. The van der Waals surface area contributed by atoms with Crippen LogP contribution in [0.3, 0.4) is 0 Å². The first kappa shape index (κ1) is 25.5. The molecular formula is C27H29FNO4P. The van der Waals surface area contributed by atoms with Crippen LogP contribution in [0.5, 0.6) is 0 Å². The lowest BCUT2D eigenvalue weighted by Crippen LogP contribution is -2.10. The van der Waals surface area contributed by atoms with Crippen molar-refractivity contribution in [3.63, 3.8) is 0 Å². The number of carbonyl (C=O) groups excluding carboxylic acids is 1. The van der Waals surface area contributed by atoms with E-state index in [1.54, 1.807) is 18.2 Å². The van der Waals surface area contributed by atoms with Gasteiger partial charge in [0.1, 0.15) is 5.82 Å². The molecule has 0 spiro atoms. The molecule has 3 aromatic rings. The number of hydrogen-bond donors (Lipinski definition) is 0. The van der Waals surface area contributed by atoms with E-state index in [2.05, 4.69) is 31.0 Å². The molecule has 3 rings (SSSR count). The van der Waals surface area contributed by atoms with Crippen LogP contribution in [-0.4, -0.2) is 18.1 Å². The van der Waals surface area contributed by atoms with E-state index in [0.717, 1.165) is 27.9 Å². The van der Waals surface area contributed by atoms with E-state index in [9.17, 15) is 13.8 Å². The Morgan fingerprint density at radius 1 is 1.12 bits per heavy atom. The van der Waals surface area contributed by atoms with Gasteiger partial charge in [0, 0.05) is 30.6 Å². The Hall–Kier alpha value is -3.08. The van der Waals surface area contributed by atoms with Crippen molar-refractivity contribution in [3.8, 4) is 22.5 Å². The molecule has 0 bridgehead atoms. The SMILES string of the molecule is C=CC(CCC(=O)O[PH](=O)OC)c1c(C(C)C)cc(-c2ccccc2)nc1-c1ccc(F)cc1. The van der Waals surface area contributed by atoms with Gasteiger partial charge >= 0.3 is 14.2 Å². The molecule has 2 unspecified atom stereocenters. The van der Waals surface area contributed by atoms with Gasteiger partial charge in [0.15, 0.2) is 0 Å². The second-order valence-corrected chi connectivity index (χ2v) is 9.31. The van der Waals surface area contributed by atoms with Crippen LogP contribution in [0.15, 0.2) is 73.3 Å². The quantitative estimate of drug-likeness (QED) is 0.224. The molecule has 0 radical (unpaired) electrons. The molecule has 0 amide bonds. The number of carbonyl (C=O) groups is 1. The fraction of sp³-hybridized carbons (Fsp3) is 0.259. The number of benzene rings is 2. The van der Waals surface area contributed by atoms with Gasteiger partial charge in [-0.15, -0.1) is 6.58 Å². The van der Waals surface area contributed by atoms with E-state index in [1.807, 2.05) is 30.3 Å². The van der Waals surface area contributed by atoms with Gasteiger partial charge in [-0.25, -0.2) is 13.9 Å². The Balaban J connectivity index is 2.12. The predicted octanol–water partition coefficient (Wildman–Crippen LogP) is 7.31. The number of aromatic nitrogens is 1. The van der Waals surface area contributed by atoms with Crippen LogP contribution >= 0.6 is 8.25 Å². The molecule has 178 valence electrons. The van der Waals surface area contributed by atoms with Crippen LogP contribution in [-0.2, 0) is 18.4 Å². The Kier molecular flexibility index (Phi) is 8.91. The Labute approximate surface area is 200 Å². The molecular weight excluding hydrogens is 452 g/mol. The van der Waals surface area contributed by atoms with Crippen molar-refractivity contribution >= 4 is 14.2 Å². The highest BCUT2D eigenvalue weighted by Crippen LogP contribution is 2.39. The van der Waals surface area contributed by atoms with Gasteiger partial charge in [0.25, 0.3) is 0 Å². The number of halogens is 1. The molecule has 5 nitrogen and oxygen atoms in total. The molecule has 0 saturated carbocycles. The van der Waals surface area contributed by atoms with Gasteiger partial charge in [0.2, 0.25) is 0 Å². The van der Waals surface area contributed by atoms with Gasteiger partial charge < -0.3 is 9.05 Å². The molecule has 2 aromatic carbocycles. The van der Waals surface area contributed by atoms with E-state index in [0.29, 0.717) is 12.1 Å². The standard InChI is InChI=1S/C27H29FNO4P/c1-5-19(13-16-25(30)33-34(31)32-4)26-23(18(2)3)17-24(20-9-7-6-8-10-20)29-27(26)21-11-14-22(28)15-12-21/h5-12,14-15,17-19,34H,1,13,16H2,2-4H3. The van der Waals surface area contributed by atoms with E-state index >= 15 is 0 Å². The molecule has 1 heterocycles. The Bertz CT molecular complexity index is 1160. The maximum absolute atomic E-state index is 13.7. The van der Waals surface area contributed by atoms with Crippen LogP contribution in [0.1, 0.15) is 49.7 Å². The van der Waals surface area contributed by atoms with Crippen molar-refractivity contribution in [2.24, 2.45) is 0 Å². The summed E-state index contributed by atoms with van der Waals surface area (Å²) in [5.41, 5.74) is 5.28. The third-order valence-corrected chi connectivity index (χ3v) is 6.31. The molecule has 0 fully saturated rings. The van der Waals surface area contributed by atoms with Crippen LogP contribution in [0, 0.1) is 5.82 Å². The average Bonchev–Trinajstić information content (AvgIpc) is 2.85. The summed E-state index contributed by atoms with van der Waals surface area (Å²) in [5.74, 6) is -1.00. The fourth-order valence-electron chi connectivity index (χ4n) is 3.87. The van der Waals surface area contributed by atoms with Crippen LogP contribution in [0.25, 0.3) is 22.5 Å². The van der Waals surface area contributed by atoms with Crippen molar-refractivity contribution < 1.29 is 22.8 Å². The lowest BCUT2D eigenvalue weighted by atomic mass is 9.83. The zero-order chi connectivity index (χ0) is 24.7. The zero-order valence-electron chi connectivity index (χ0n) is 19.6. The average molecular weight is 482 g/mol. The summed E-state index contributed by atoms with van der Waals surface area (Å²) in [5, 5.41) is 0. The summed E-state index contributed by atoms with van der Waals surface area (Å²) in [6.07, 6.45) is 2.21. The summed E-state index contributed by atoms with van der Waals surface area (Å²) >= 11 is 0. The topological polar surface area (TPSA) is 65.5 Å². The normalized spacial score (nSPS) is 12.9. The minimum Gasteiger partial charge on any atom is -0.394 e. The summed E-state index contributed by atoms with van der Waals surface area (Å²) < 4.78 is 34.5. The Morgan fingerprint density at radius 2 is 1.79 bits per heavy atom. The highest BCUT2D eigenvalue weighted by atomic mass is 31.1. The van der Waals surface area contributed by atoms with Gasteiger partial charge in [-0.05, 0) is 53.8 Å². The Morgan fingerprint density at radius 3 is 2.38 bits per heavy atom. The first-order chi connectivity index (χ1) is 16.3. The number of pyridine rings is 1. The van der Waals surface area contributed by atoms with Crippen LogP contribution < -0.4 is 0 Å². The van der Waals surface area contributed by atoms with Gasteiger partial charge in [-0.2, -0.15) is 0 Å². The highest BCUT2D eigenvalue weighted by Gasteiger charge is 2.24. The largest absolute Gasteiger partial charge is 0.394 e. The number of hydrogen-bond acceptors (Lipinski definition) is 5. The van der Waals surface area contributed by atoms with Gasteiger partial charge in [-0.1, -0.05) is 50.3 Å². The summed E-state index contributed by atoms with van der Waals surface area (Å²) in [6, 6.07) is 18.2. The number of nitrogens with zero attached hydrogens (tertiary/aromatic N) is 1. The molecule has 0 N–H and O–H groups in total. The van der Waals surface area contributed by atoms with E-state index in [-0.39, 0.29) is 24.1 Å². The van der Waals surface area contributed by atoms with Crippen LogP contribution in [0.2, 0.25) is 0 Å². The third kappa shape index (κ3) is 6.28. The molecule has 2 atom stereocenters. The molecule has 0 aliphatic carbocycles. The van der Waals surface area contributed by atoms with Crippen molar-refractivity contribution in [3.05, 3.63) is 90.3 Å². The maximum Gasteiger partial charge on any atom is 0.369 e. The highest BCUT2D eigenvalue weighted by molar-refractivity contribution is 7.34. The molecule has 0 aliphatic rings. The monoisotopic (exact) mass is 481 g/mol. The summed E-state index contributed by atoms with van der Waals surface area (Å²) in [6.45, 7) is 8.20. The lowest BCUT2D eigenvalue weighted by Gasteiger charge is -2.24.